The van der Waals surface area contributed by atoms with Crippen molar-refractivity contribution >= 4 is 17.2 Å². The SMILES string of the molecule is CN1CCCC1CCOc1ccc(C(F)(F)F)cc1C(=O)N=c1sc(C(C)(C)C)cn1C[C@H]1CCCO1. The second kappa shape index (κ2) is 11.3. The van der Waals surface area contributed by atoms with E-state index in [2.05, 4.69) is 37.7 Å². The van der Waals surface area contributed by atoms with Crippen molar-refractivity contribution in [1.82, 2.24) is 9.47 Å². The summed E-state index contributed by atoms with van der Waals surface area (Å²) in [5, 5.41) is 0. The lowest BCUT2D eigenvalue weighted by atomic mass is 9.95. The molecule has 1 unspecified atom stereocenters. The molecule has 4 rings (SSSR count). The summed E-state index contributed by atoms with van der Waals surface area (Å²) in [5.74, 6) is -0.622. The summed E-state index contributed by atoms with van der Waals surface area (Å²) in [6.45, 7) is 8.79. The van der Waals surface area contributed by atoms with Gasteiger partial charge in [0.25, 0.3) is 5.91 Å². The maximum atomic E-state index is 13.5. The van der Waals surface area contributed by atoms with Gasteiger partial charge in [0, 0.05) is 23.7 Å². The Morgan fingerprint density at radius 3 is 2.62 bits per heavy atom. The second-order valence-electron chi connectivity index (χ2n) is 11.0. The van der Waals surface area contributed by atoms with E-state index in [9.17, 15) is 18.0 Å². The molecule has 1 aromatic heterocycles. The van der Waals surface area contributed by atoms with E-state index in [4.69, 9.17) is 9.47 Å². The molecular formula is C27H36F3N3O3S. The first kappa shape index (κ1) is 27.9. The zero-order valence-electron chi connectivity index (χ0n) is 21.9. The molecule has 3 heterocycles. The van der Waals surface area contributed by atoms with Crippen LogP contribution in [0.3, 0.4) is 0 Å². The third-order valence-corrected chi connectivity index (χ3v) is 8.44. The molecule has 204 valence electrons. The third kappa shape index (κ3) is 7.03. The molecule has 0 radical (unpaired) electrons. The number of rotatable bonds is 7. The third-order valence-electron chi connectivity index (χ3n) is 7.00. The predicted molar refractivity (Wildman–Crippen MR) is 137 cm³/mol. The number of carbonyl (C=O) groups excluding carboxylic acids is 1. The number of alkyl halides is 3. The minimum Gasteiger partial charge on any atom is -0.493 e. The number of aromatic nitrogens is 1. The molecule has 0 aliphatic carbocycles. The minimum atomic E-state index is -4.58. The summed E-state index contributed by atoms with van der Waals surface area (Å²) >= 11 is 1.37. The van der Waals surface area contributed by atoms with Crippen molar-refractivity contribution < 1.29 is 27.4 Å². The maximum absolute atomic E-state index is 13.5. The molecule has 2 atom stereocenters. The molecule has 2 fully saturated rings. The lowest BCUT2D eigenvalue weighted by molar-refractivity contribution is -0.137. The number of halogens is 3. The Kier molecular flexibility index (Phi) is 8.50. The first-order valence-corrected chi connectivity index (χ1v) is 13.7. The Morgan fingerprint density at radius 2 is 2.00 bits per heavy atom. The Hall–Kier alpha value is -2.17. The van der Waals surface area contributed by atoms with E-state index >= 15 is 0 Å². The van der Waals surface area contributed by atoms with E-state index < -0.39 is 17.6 Å². The van der Waals surface area contributed by atoms with Crippen molar-refractivity contribution in [1.29, 1.82) is 0 Å². The van der Waals surface area contributed by atoms with Crippen molar-refractivity contribution in [3.8, 4) is 5.75 Å². The largest absolute Gasteiger partial charge is 0.493 e. The van der Waals surface area contributed by atoms with E-state index in [0.29, 0.717) is 30.6 Å². The highest BCUT2D eigenvalue weighted by molar-refractivity contribution is 7.09. The van der Waals surface area contributed by atoms with E-state index in [1.54, 1.807) is 0 Å². The highest BCUT2D eigenvalue weighted by Gasteiger charge is 2.32. The van der Waals surface area contributed by atoms with Gasteiger partial charge in [-0.05, 0) is 69.3 Å². The molecule has 2 aliphatic heterocycles. The smallest absolute Gasteiger partial charge is 0.416 e. The van der Waals surface area contributed by atoms with E-state index in [1.165, 1.54) is 17.4 Å². The molecule has 0 bridgehead atoms. The van der Waals surface area contributed by atoms with Crippen LogP contribution in [0.15, 0.2) is 29.4 Å². The fraction of sp³-hybridized carbons (Fsp3) is 0.630. The summed E-state index contributed by atoms with van der Waals surface area (Å²) in [6.07, 6.45) is 2.24. The molecule has 37 heavy (non-hydrogen) atoms. The van der Waals surface area contributed by atoms with Crippen LogP contribution in [0.25, 0.3) is 0 Å². The van der Waals surface area contributed by atoms with Crippen molar-refractivity contribution in [2.75, 3.05) is 26.8 Å². The molecule has 0 N–H and O–H groups in total. The van der Waals surface area contributed by atoms with Crippen LogP contribution in [0.5, 0.6) is 5.75 Å². The van der Waals surface area contributed by atoms with Crippen LogP contribution in [0.1, 0.15) is 73.7 Å². The average Bonchev–Trinajstić information content (AvgIpc) is 3.56. The average molecular weight is 540 g/mol. The fourth-order valence-electron chi connectivity index (χ4n) is 4.75. The molecule has 10 heteroatoms. The van der Waals surface area contributed by atoms with Crippen LogP contribution in [-0.4, -0.2) is 54.3 Å². The number of ether oxygens (including phenoxy) is 2. The molecule has 2 aromatic rings. The molecule has 1 amide bonds. The summed E-state index contributed by atoms with van der Waals surface area (Å²) in [6, 6.07) is 3.41. The first-order chi connectivity index (χ1) is 17.4. The van der Waals surface area contributed by atoms with Gasteiger partial charge < -0.3 is 18.9 Å². The van der Waals surface area contributed by atoms with E-state index in [-0.39, 0.29) is 22.8 Å². The maximum Gasteiger partial charge on any atom is 0.416 e. The van der Waals surface area contributed by atoms with Gasteiger partial charge in [0.15, 0.2) is 4.80 Å². The van der Waals surface area contributed by atoms with Gasteiger partial charge in [-0.3, -0.25) is 4.79 Å². The number of hydrogen-bond donors (Lipinski definition) is 0. The van der Waals surface area contributed by atoms with Crippen molar-refractivity contribution in [2.24, 2.45) is 4.99 Å². The Labute approximate surface area is 220 Å². The summed E-state index contributed by atoms with van der Waals surface area (Å²) in [7, 11) is 2.06. The number of carbonyl (C=O) groups is 1. The van der Waals surface area contributed by atoms with Gasteiger partial charge in [0.1, 0.15) is 5.75 Å². The highest BCUT2D eigenvalue weighted by Crippen LogP contribution is 2.33. The van der Waals surface area contributed by atoms with Crippen molar-refractivity contribution in [3.63, 3.8) is 0 Å². The van der Waals surface area contributed by atoms with Crippen molar-refractivity contribution in [2.45, 2.75) is 83.2 Å². The lowest BCUT2D eigenvalue weighted by Gasteiger charge is -2.20. The van der Waals surface area contributed by atoms with Gasteiger partial charge in [-0.2, -0.15) is 18.2 Å². The van der Waals surface area contributed by atoms with Crippen LogP contribution in [0, 0.1) is 0 Å². The second-order valence-corrected chi connectivity index (χ2v) is 12.0. The van der Waals surface area contributed by atoms with E-state index in [0.717, 1.165) is 55.7 Å². The number of benzene rings is 1. The van der Waals surface area contributed by atoms with Crippen LogP contribution in [0.2, 0.25) is 0 Å². The first-order valence-electron chi connectivity index (χ1n) is 12.9. The van der Waals surface area contributed by atoms with Crippen LogP contribution < -0.4 is 9.54 Å². The Bertz CT molecular complexity index is 1160. The van der Waals surface area contributed by atoms with Gasteiger partial charge in [0.2, 0.25) is 0 Å². The molecule has 1 aromatic carbocycles. The lowest BCUT2D eigenvalue weighted by Crippen LogP contribution is -2.26. The molecule has 0 saturated carbocycles. The number of thiazole rings is 1. The number of nitrogens with zero attached hydrogens (tertiary/aromatic N) is 3. The van der Waals surface area contributed by atoms with E-state index in [1.807, 2.05) is 10.8 Å². The Balaban J connectivity index is 1.65. The summed E-state index contributed by atoms with van der Waals surface area (Å²) in [5.41, 5.74) is -1.25. The van der Waals surface area contributed by atoms with Gasteiger partial charge >= 0.3 is 6.18 Å². The predicted octanol–water partition coefficient (Wildman–Crippen LogP) is 5.65. The van der Waals surface area contributed by atoms with Gasteiger partial charge in [-0.1, -0.05) is 20.8 Å². The van der Waals surface area contributed by atoms with Gasteiger partial charge in [-0.15, -0.1) is 11.3 Å². The zero-order valence-corrected chi connectivity index (χ0v) is 22.8. The van der Waals surface area contributed by atoms with Gasteiger partial charge in [0.05, 0.1) is 30.4 Å². The molecule has 2 aliphatic rings. The summed E-state index contributed by atoms with van der Waals surface area (Å²) in [4.78, 5) is 21.4. The standard InChI is InChI=1S/C27H36F3N3O3S/c1-26(2,3)23-17-33(16-20-8-6-13-35-20)25(37-23)31-24(34)21-15-18(27(28,29)30)9-10-22(21)36-14-11-19-7-5-12-32(19)4/h9-10,15,17,19-20H,5-8,11-14,16H2,1-4H3/t19?,20-/m1/s1. The number of likely N-dealkylation sites (tertiary alicyclic amines) is 1. The fourth-order valence-corrected chi connectivity index (χ4v) is 5.80. The van der Waals surface area contributed by atoms with Crippen LogP contribution in [0.4, 0.5) is 13.2 Å². The van der Waals surface area contributed by atoms with Crippen LogP contribution >= 0.6 is 11.3 Å². The highest BCUT2D eigenvalue weighted by atomic mass is 32.1. The number of hydrogen-bond acceptors (Lipinski definition) is 5. The molecule has 0 spiro atoms. The monoisotopic (exact) mass is 539 g/mol. The molecular weight excluding hydrogens is 503 g/mol. The zero-order chi connectivity index (χ0) is 26.8. The quantitative estimate of drug-likeness (QED) is 0.456. The van der Waals surface area contributed by atoms with Gasteiger partial charge in [-0.25, -0.2) is 0 Å². The van der Waals surface area contributed by atoms with Crippen LogP contribution in [-0.2, 0) is 22.9 Å². The van der Waals surface area contributed by atoms with Crippen molar-refractivity contribution in [3.05, 3.63) is 45.2 Å². The normalized spacial score (nSPS) is 21.6. The number of amides is 1. The topological polar surface area (TPSA) is 56.1 Å². The molecule has 6 nitrogen and oxygen atoms in total. The Morgan fingerprint density at radius 1 is 1.22 bits per heavy atom. The molecule has 2 saturated heterocycles. The summed E-state index contributed by atoms with van der Waals surface area (Å²) < 4.78 is 54.1. The minimum absolute atomic E-state index is 0.0256.